The van der Waals surface area contributed by atoms with Gasteiger partial charge in [-0.3, -0.25) is 0 Å². The zero-order chi connectivity index (χ0) is 19.4. The van der Waals surface area contributed by atoms with Gasteiger partial charge < -0.3 is 19.9 Å². The molecular formula is C21H26ClN3O2. The van der Waals surface area contributed by atoms with E-state index in [9.17, 15) is 4.79 Å². The summed E-state index contributed by atoms with van der Waals surface area (Å²) in [4.78, 5) is 16.8. The molecule has 144 valence electrons. The van der Waals surface area contributed by atoms with Gasteiger partial charge in [0.25, 0.3) is 0 Å². The fourth-order valence-electron chi connectivity index (χ4n) is 3.35. The first-order chi connectivity index (χ1) is 13.0. The molecule has 2 aromatic carbocycles. The summed E-state index contributed by atoms with van der Waals surface area (Å²) in [5.74, 6) is 0.764. The molecule has 0 spiro atoms. The van der Waals surface area contributed by atoms with Crippen LogP contribution in [0.5, 0.6) is 5.75 Å². The Kier molecular flexibility index (Phi) is 6.11. The van der Waals surface area contributed by atoms with Crippen molar-refractivity contribution >= 4 is 29.0 Å². The summed E-state index contributed by atoms with van der Waals surface area (Å²) in [6, 6.07) is 11.8. The number of para-hydroxylation sites is 1. The van der Waals surface area contributed by atoms with E-state index in [-0.39, 0.29) is 6.03 Å². The first-order valence-electron chi connectivity index (χ1n) is 9.26. The van der Waals surface area contributed by atoms with Crippen molar-refractivity contribution in [2.75, 3.05) is 43.5 Å². The van der Waals surface area contributed by atoms with Gasteiger partial charge in [-0.1, -0.05) is 36.7 Å². The minimum Gasteiger partial charge on any atom is -0.495 e. The van der Waals surface area contributed by atoms with Crippen LogP contribution in [-0.2, 0) is 6.42 Å². The van der Waals surface area contributed by atoms with Crippen molar-refractivity contribution in [2.24, 2.45) is 0 Å². The van der Waals surface area contributed by atoms with Gasteiger partial charge in [-0.2, -0.15) is 0 Å². The average molecular weight is 388 g/mol. The molecule has 2 aromatic rings. The first kappa shape index (κ1) is 19.4. The zero-order valence-electron chi connectivity index (χ0n) is 16.1. The molecule has 0 bridgehead atoms. The molecule has 0 saturated carbocycles. The monoisotopic (exact) mass is 387 g/mol. The summed E-state index contributed by atoms with van der Waals surface area (Å²) in [5.41, 5.74) is 4.08. The second kappa shape index (κ2) is 8.53. The number of hydrogen-bond acceptors (Lipinski definition) is 3. The Bertz CT molecular complexity index is 817. The Morgan fingerprint density at radius 1 is 1.19 bits per heavy atom. The molecule has 1 aliphatic rings. The van der Waals surface area contributed by atoms with Crippen LogP contribution in [0.15, 0.2) is 36.4 Å². The van der Waals surface area contributed by atoms with Crippen LogP contribution in [0, 0.1) is 6.92 Å². The number of halogens is 1. The Labute approximate surface area is 165 Å². The molecule has 2 amide bonds. The molecule has 0 aliphatic carbocycles. The van der Waals surface area contributed by atoms with Crippen LogP contribution in [0.4, 0.5) is 16.2 Å². The van der Waals surface area contributed by atoms with Crippen LogP contribution in [-0.4, -0.2) is 44.2 Å². The lowest BCUT2D eigenvalue weighted by atomic mass is 10.1. The van der Waals surface area contributed by atoms with E-state index in [1.165, 1.54) is 0 Å². The van der Waals surface area contributed by atoms with Crippen LogP contribution in [0.2, 0.25) is 5.02 Å². The lowest BCUT2D eigenvalue weighted by Gasteiger charge is -2.36. The van der Waals surface area contributed by atoms with Crippen LogP contribution in [0.25, 0.3) is 0 Å². The highest BCUT2D eigenvalue weighted by Crippen LogP contribution is 2.34. The van der Waals surface area contributed by atoms with Gasteiger partial charge in [0.1, 0.15) is 5.75 Å². The number of urea groups is 1. The van der Waals surface area contributed by atoms with Crippen molar-refractivity contribution in [3.05, 3.63) is 52.5 Å². The predicted octanol–water partition coefficient (Wildman–Crippen LogP) is 4.57. The first-order valence-corrected chi connectivity index (χ1v) is 9.64. The number of hydrogen-bond donors (Lipinski definition) is 1. The predicted molar refractivity (Wildman–Crippen MR) is 111 cm³/mol. The van der Waals surface area contributed by atoms with Gasteiger partial charge in [-0.15, -0.1) is 0 Å². The van der Waals surface area contributed by atoms with Gasteiger partial charge in [-0.05, 0) is 36.6 Å². The Morgan fingerprint density at radius 3 is 2.56 bits per heavy atom. The molecule has 1 heterocycles. The largest absolute Gasteiger partial charge is 0.495 e. The van der Waals surface area contributed by atoms with Gasteiger partial charge in [0.05, 0.1) is 12.8 Å². The van der Waals surface area contributed by atoms with Crippen LogP contribution >= 0.6 is 11.6 Å². The van der Waals surface area contributed by atoms with Gasteiger partial charge in [0.2, 0.25) is 0 Å². The smallest absolute Gasteiger partial charge is 0.321 e. The second-order valence-corrected chi connectivity index (χ2v) is 7.10. The summed E-state index contributed by atoms with van der Waals surface area (Å²) >= 11 is 6.21. The maximum Gasteiger partial charge on any atom is 0.321 e. The Balaban J connectivity index is 1.65. The lowest BCUT2D eigenvalue weighted by molar-refractivity contribution is 0.208. The second-order valence-electron chi connectivity index (χ2n) is 6.69. The number of amides is 2. The highest BCUT2D eigenvalue weighted by molar-refractivity contribution is 6.31. The number of nitrogens with one attached hydrogen (secondary N) is 1. The molecule has 27 heavy (non-hydrogen) atoms. The molecule has 6 heteroatoms. The minimum absolute atomic E-state index is 0.0465. The van der Waals surface area contributed by atoms with Crippen molar-refractivity contribution in [1.29, 1.82) is 0 Å². The van der Waals surface area contributed by atoms with E-state index in [1.807, 2.05) is 48.2 Å². The summed E-state index contributed by atoms with van der Waals surface area (Å²) < 4.78 is 5.49. The van der Waals surface area contributed by atoms with E-state index < -0.39 is 0 Å². The SMILES string of the molecule is CCc1ccccc1NC(=O)N1CCN(c2cc(C)c(Cl)cc2OC)CC1. The van der Waals surface area contributed by atoms with Crippen molar-refractivity contribution in [1.82, 2.24) is 4.90 Å². The summed E-state index contributed by atoms with van der Waals surface area (Å²) in [5, 5.41) is 3.75. The number of benzene rings is 2. The minimum atomic E-state index is -0.0465. The summed E-state index contributed by atoms with van der Waals surface area (Å²) in [6.07, 6.45) is 0.889. The van der Waals surface area contributed by atoms with Gasteiger partial charge in [0.15, 0.2) is 0 Å². The number of anilines is 2. The van der Waals surface area contributed by atoms with Crippen LogP contribution < -0.4 is 15.0 Å². The lowest BCUT2D eigenvalue weighted by Crippen LogP contribution is -2.50. The van der Waals surface area contributed by atoms with Crippen molar-refractivity contribution in [3.63, 3.8) is 0 Å². The molecular weight excluding hydrogens is 362 g/mol. The molecule has 1 aliphatic heterocycles. The molecule has 0 aromatic heterocycles. The molecule has 3 rings (SSSR count). The Morgan fingerprint density at radius 2 is 1.89 bits per heavy atom. The van der Waals surface area contributed by atoms with E-state index in [1.54, 1.807) is 7.11 Å². The maximum absolute atomic E-state index is 12.7. The summed E-state index contributed by atoms with van der Waals surface area (Å²) in [7, 11) is 1.65. The number of aryl methyl sites for hydroxylation is 2. The van der Waals surface area contributed by atoms with Crippen molar-refractivity contribution < 1.29 is 9.53 Å². The molecule has 1 saturated heterocycles. The van der Waals surface area contributed by atoms with Gasteiger partial charge >= 0.3 is 6.03 Å². The van der Waals surface area contributed by atoms with E-state index in [2.05, 4.69) is 17.1 Å². The van der Waals surface area contributed by atoms with Crippen LogP contribution in [0.3, 0.4) is 0 Å². The quantitative estimate of drug-likeness (QED) is 0.835. The fourth-order valence-corrected chi connectivity index (χ4v) is 3.51. The summed E-state index contributed by atoms with van der Waals surface area (Å²) in [6.45, 7) is 6.89. The topological polar surface area (TPSA) is 44.8 Å². The standard InChI is InChI=1S/C21H26ClN3O2/c1-4-16-7-5-6-8-18(16)23-21(26)25-11-9-24(10-12-25)19-13-15(2)17(22)14-20(19)27-3/h5-8,13-14H,4,9-12H2,1-3H3,(H,23,26). The highest BCUT2D eigenvalue weighted by Gasteiger charge is 2.24. The molecule has 0 unspecified atom stereocenters. The number of carbonyl (C=O) groups is 1. The third kappa shape index (κ3) is 4.30. The average Bonchev–Trinajstić information content (AvgIpc) is 2.70. The molecule has 0 radical (unpaired) electrons. The maximum atomic E-state index is 12.7. The van der Waals surface area contributed by atoms with E-state index in [4.69, 9.17) is 16.3 Å². The molecule has 0 atom stereocenters. The van der Waals surface area contributed by atoms with Crippen molar-refractivity contribution in [2.45, 2.75) is 20.3 Å². The van der Waals surface area contributed by atoms with Crippen LogP contribution in [0.1, 0.15) is 18.1 Å². The number of rotatable bonds is 4. The fraction of sp³-hybridized carbons (Fsp3) is 0.381. The third-order valence-corrected chi connectivity index (χ3v) is 5.41. The zero-order valence-corrected chi connectivity index (χ0v) is 16.8. The van der Waals surface area contributed by atoms with E-state index >= 15 is 0 Å². The van der Waals surface area contributed by atoms with E-state index in [0.717, 1.165) is 47.8 Å². The number of ether oxygens (including phenoxy) is 1. The molecule has 5 nitrogen and oxygen atoms in total. The molecule has 1 N–H and O–H groups in total. The van der Waals surface area contributed by atoms with Gasteiger partial charge in [-0.25, -0.2) is 4.79 Å². The van der Waals surface area contributed by atoms with Gasteiger partial charge in [0, 0.05) is 43.0 Å². The van der Waals surface area contributed by atoms with E-state index in [0.29, 0.717) is 18.1 Å². The number of nitrogens with zero attached hydrogens (tertiary/aromatic N) is 2. The number of carbonyl (C=O) groups excluding carboxylic acids is 1. The number of piperazine rings is 1. The van der Waals surface area contributed by atoms with Crippen molar-refractivity contribution in [3.8, 4) is 5.75 Å². The Hall–Kier alpha value is -2.40. The number of methoxy groups -OCH3 is 1. The third-order valence-electron chi connectivity index (χ3n) is 5.01. The highest BCUT2D eigenvalue weighted by atomic mass is 35.5. The molecule has 1 fully saturated rings. The normalized spacial score (nSPS) is 14.2.